The van der Waals surface area contributed by atoms with Crippen molar-refractivity contribution >= 4 is 6.08 Å². The van der Waals surface area contributed by atoms with Crippen LogP contribution in [0.2, 0.25) is 0 Å². The van der Waals surface area contributed by atoms with E-state index in [1.54, 1.807) is 6.26 Å². The zero-order valence-corrected chi connectivity index (χ0v) is 14.2. The van der Waals surface area contributed by atoms with Gasteiger partial charge in [-0.05, 0) is 11.6 Å². The molecular weight excluding hydrogens is 310 g/mol. The highest BCUT2D eigenvalue weighted by molar-refractivity contribution is 5.47. The first-order valence-corrected chi connectivity index (χ1v) is 8.27. The average molecular weight is 339 g/mol. The van der Waals surface area contributed by atoms with Crippen LogP contribution in [0.15, 0.2) is 36.6 Å². The van der Waals surface area contributed by atoms with Crippen LogP contribution in [-0.2, 0) is 23.7 Å². The Morgan fingerprint density at radius 3 is 1.71 bits per heavy atom. The molecule has 0 saturated heterocycles. The van der Waals surface area contributed by atoms with E-state index in [9.17, 15) is 0 Å². The van der Waals surface area contributed by atoms with Gasteiger partial charge in [-0.3, -0.25) is 0 Å². The minimum absolute atomic E-state index is 0.523. The Hall–Kier alpha value is -1.44. The highest BCUT2D eigenvalue weighted by atomic mass is 16.6. The Bertz CT molecular complexity index is 400. The minimum Gasteiger partial charge on any atom is -0.499 e. The summed E-state index contributed by atoms with van der Waals surface area (Å²) < 4.78 is 26.6. The van der Waals surface area contributed by atoms with E-state index < -0.39 is 0 Å². The SMILES string of the molecule is NCCOCCOCCOCCOCCOC=Cc1ccccc1. The third kappa shape index (κ3) is 13.0. The van der Waals surface area contributed by atoms with E-state index in [4.69, 9.17) is 29.4 Å². The zero-order chi connectivity index (χ0) is 17.1. The van der Waals surface area contributed by atoms with Crippen molar-refractivity contribution in [1.82, 2.24) is 0 Å². The summed E-state index contributed by atoms with van der Waals surface area (Å²) in [7, 11) is 0. The molecule has 6 heteroatoms. The van der Waals surface area contributed by atoms with Crippen LogP contribution in [0.3, 0.4) is 0 Å². The fourth-order valence-corrected chi connectivity index (χ4v) is 1.71. The van der Waals surface area contributed by atoms with Gasteiger partial charge in [0.05, 0.1) is 59.1 Å². The molecule has 0 amide bonds. The van der Waals surface area contributed by atoms with Gasteiger partial charge in [0.15, 0.2) is 0 Å². The molecule has 0 radical (unpaired) electrons. The molecule has 0 atom stereocenters. The van der Waals surface area contributed by atoms with Gasteiger partial charge in [-0.1, -0.05) is 30.3 Å². The van der Waals surface area contributed by atoms with Crippen LogP contribution in [-0.4, -0.2) is 66.0 Å². The molecule has 0 saturated carbocycles. The molecule has 0 aliphatic rings. The second kappa shape index (κ2) is 16.4. The third-order valence-electron chi connectivity index (χ3n) is 2.88. The predicted molar refractivity (Wildman–Crippen MR) is 93.8 cm³/mol. The Morgan fingerprint density at radius 1 is 0.667 bits per heavy atom. The fourth-order valence-electron chi connectivity index (χ4n) is 1.71. The van der Waals surface area contributed by atoms with Crippen LogP contribution in [0.5, 0.6) is 0 Å². The highest BCUT2D eigenvalue weighted by Gasteiger charge is 1.92. The topological polar surface area (TPSA) is 72.2 Å². The van der Waals surface area contributed by atoms with E-state index in [1.165, 1.54) is 0 Å². The summed E-state index contributed by atoms with van der Waals surface area (Å²) >= 11 is 0. The molecule has 2 N–H and O–H groups in total. The lowest BCUT2D eigenvalue weighted by atomic mass is 10.2. The van der Waals surface area contributed by atoms with Crippen molar-refractivity contribution < 1.29 is 23.7 Å². The average Bonchev–Trinajstić information content (AvgIpc) is 2.62. The van der Waals surface area contributed by atoms with Crippen molar-refractivity contribution in [2.24, 2.45) is 5.73 Å². The summed E-state index contributed by atoms with van der Waals surface area (Å²) in [5.74, 6) is 0. The zero-order valence-electron chi connectivity index (χ0n) is 14.2. The molecule has 1 rings (SSSR count). The van der Waals surface area contributed by atoms with Gasteiger partial charge in [-0.25, -0.2) is 0 Å². The Balaban J connectivity index is 1.75. The summed E-state index contributed by atoms with van der Waals surface area (Å²) in [4.78, 5) is 0. The van der Waals surface area contributed by atoms with Crippen molar-refractivity contribution in [3.8, 4) is 0 Å². The molecule has 1 aromatic carbocycles. The van der Waals surface area contributed by atoms with Gasteiger partial charge in [-0.2, -0.15) is 0 Å². The molecule has 0 spiro atoms. The summed E-state index contributed by atoms with van der Waals surface area (Å²) in [6, 6.07) is 10.0. The van der Waals surface area contributed by atoms with Crippen LogP contribution in [0, 0.1) is 0 Å². The third-order valence-corrected chi connectivity index (χ3v) is 2.88. The lowest BCUT2D eigenvalue weighted by Crippen LogP contribution is -2.14. The largest absolute Gasteiger partial charge is 0.499 e. The first-order chi connectivity index (χ1) is 11.9. The Kier molecular flexibility index (Phi) is 14.1. The molecule has 0 unspecified atom stereocenters. The first-order valence-electron chi connectivity index (χ1n) is 8.27. The molecule has 0 aromatic heterocycles. The van der Waals surface area contributed by atoms with Crippen molar-refractivity contribution in [2.75, 3.05) is 66.0 Å². The van der Waals surface area contributed by atoms with Crippen molar-refractivity contribution in [3.63, 3.8) is 0 Å². The molecule has 1 aromatic rings. The molecule has 0 aliphatic heterocycles. The van der Waals surface area contributed by atoms with Gasteiger partial charge >= 0.3 is 0 Å². The van der Waals surface area contributed by atoms with Crippen LogP contribution in [0.4, 0.5) is 0 Å². The second-order valence-electron chi connectivity index (χ2n) is 4.82. The lowest BCUT2D eigenvalue weighted by Gasteiger charge is -2.07. The van der Waals surface area contributed by atoms with Gasteiger partial charge < -0.3 is 29.4 Å². The molecule has 0 fully saturated rings. The van der Waals surface area contributed by atoms with E-state index >= 15 is 0 Å². The minimum atomic E-state index is 0.523. The predicted octanol–water partition coefficient (Wildman–Crippen LogP) is 1.70. The summed E-state index contributed by atoms with van der Waals surface area (Å²) in [6.45, 7) is 5.51. The van der Waals surface area contributed by atoms with E-state index in [0.717, 1.165) is 5.56 Å². The van der Waals surface area contributed by atoms with Crippen LogP contribution < -0.4 is 5.73 Å². The molecule has 136 valence electrons. The van der Waals surface area contributed by atoms with E-state index in [-0.39, 0.29) is 0 Å². The molecule has 0 aliphatic carbocycles. The monoisotopic (exact) mass is 339 g/mol. The van der Waals surface area contributed by atoms with Crippen LogP contribution in [0.1, 0.15) is 5.56 Å². The summed E-state index contributed by atoms with van der Waals surface area (Å²) in [6.07, 6.45) is 3.61. The van der Waals surface area contributed by atoms with Crippen LogP contribution in [0.25, 0.3) is 6.08 Å². The molecule has 0 bridgehead atoms. The van der Waals surface area contributed by atoms with Crippen molar-refractivity contribution in [2.45, 2.75) is 0 Å². The lowest BCUT2D eigenvalue weighted by molar-refractivity contribution is -0.00542. The molecule has 24 heavy (non-hydrogen) atoms. The Labute approximate surface area is 144 Å². The standard InChI is InChI=1S/C18H29NO5/c19-7-9-21-11-13-23-15-17-24-16-14-22-12-10-20-8-6-18-4-2-1-3-5-18/h1-6,8H,7,9-17,19H2. The van der Waals surface area contributed by atoms with Gasteiger partial charge in [0.25, 0.3) is 0 Å². The van der Waals surface area contributed by atoms with Crippen molar-refractivity contribution in [1.29, 1.82) is 0 Å². The van der Waals surface area contributed by atoms with E-state index in [1.807, 2.05) is 36.4 Å². The molecule has 0 heterocycles. The maximum atomic E-state index is 5.40. The smallest absolute Gasteiger partial charge is 0.111 e. The quantitative estimate of drug-likeness (QED) is 0.365. The Morgan fingerprint density at radius 2 is 1.17 bits per heavy atom. The van der Waals surface area contributed by atoms with Gasteiger partial charge in [0.1, 0.15) is 6.61 Å². The number of hydrogen-bond donors (Lipinski definition) is 1. The number of ether oxygens (including phenoxy) is 5. The highest BCUT2D eigenvalue weighted by Crippen LogP contribution is 2.00. The molecule has 6 nitrogen and oxygen atoms in total. The number of hydrogen-bond acceptors (Lipinski definition) is 6. The maximum Gasteiger partial charge on any atom is 0.111 e. The maximum absolute atomic E-state index is 5.40. The van der Waals surface area contributed by atoms with E-state index in [2.05, 4.69) is 0 Å². The number of rotatable bonds is 16. The summed E-state index contributed by atoms with van der Waals surface area (Å²) in [5, 5.41) is 0. The number of benzene rings is 1. The first kappa shape index (κ1) is 20.6. The second-order valence-corrected chi connectivity index (χ2v) is 4.82. The van der Waals surface area contributed by atoms with E-state index in [0.29, 0.717) is 66.0 Å². The van der Waals surface area contributed by atoms with Gasteiger partial charge in [0, 0.05) is 6.54 Å². The van der Waals surface area contributed by atoms with Gasteiger partial charge in [-0.15, -0.1) is 0 Å². The summed E-state index contributed by atoms with van der Waals surface area (Å²) in [5.41, 5.74) is 6.41. The number of nitrogens with two attached hydrogens (primary N) is 1. The van der Waals surface area contributed by atoms with Crippen molar-refractivity contribution in [3.05, 3.63) is 42.2 Å². The van der Waals surface area contributed by atoms with Crippen LogP contribution >= 0.6 is 0 Å². The fraction of sp³-hybridized carbons (Fsp3) is 0.556. The normalized spacial score (nSPS) is 11.2. The van der Waals surface area contributed by atoms with Gasteiger partial charge in [0.2, 0.25) is 0 Å². The molecular formula is C18H29NO5.